The summed E-state index contributed by atoms with van der Waals surface area (Å²) in [6.45, 7) is 7.92. The first-order valence-electron chi connectivity index (χ1n) is 7.71. The van der Waals surface area contributed by atoms with Crippen LogP contribution in [0, 0.1) is 19.8 Å². The molecule has 6 heteroatoms. The average Bonchev–Trinajstić information content (AvgIpc) is 2.75. The molecule has 22 heavy (non-hydrogen) atoms. The number of ether oxygens (including phenoxy) is 1. The standard InChI is InChI=1S/C16H22N4O2/c1-12-4-3-5-15(17-12)8-14-9-20(6-7-21-11-14)10-16-18-13(2)22-19-16/h3-5,14H,6-11H2,1-2H3. The van der Waals surface area contributed by atoms with E-state index in [-0.39, 0.29) is 0 Å². The third kappa shape index (κ3) is 4.11. The zero-order valence-corrected chi connectivity index (χ0v) is 13.2. The molecule has 1 atom stereocenters. The van der Waals surface area contributed by atoms with Gasteiger partial charge in [0.05, 0.1) is 19.8 Å². The maximum atomic E-state index is 5.75. The molecule has 2 aromatic heterocycles. The van der Waals surface area contributed by atoms with E-state index in [4.69, 9.17) is 9.26 Å². The van der Waals surface area contributed by atoms with Gasteiger partial charge in [0.25, 0.3) is 0 Å². The Labute approximate surface area is 130 Å². The van der Waals surface area contributed by atoms with Crippen LogP contribution in [0.1, 0.15) is 23.1 Å². The van der Waals surface area contributed by atoms with Crippen molar-refractivity contribution in [3.8, 4) is 0 Å². The molecule has 0 aromatic carbocycles. The van der Waals surface area contributed by atoms with Crippen LogP contribution < -0.4 is 0 Å². The SMILES string of the molecule is Cc1cccc(CC2COCCN(Cc3noc(C)n3)C2)n1. The van der Waals surface area contributed by atoms with E-state index in [9.17, 15) is 0 Å². The topological polar surface area (TPSA) is 64.3 Å². The van der Waals surface area contributed by atoms with E-state index in [1.807, 2.05) is 19.9 Å². The van der Waals surface area contributed by atoms with Gasteiger partial charge in [-0.1, -0.05) is 11.2 Å². The number of pyridine rings is 1. The molecular formula is C16H22N4O2. The average molecular weight is 302 g/mol. The highest BCUT2D eigenvalue weighted by Crippen LogP contribution is 2.14. The van der Waals surface area contributed by atoms with Crippen molar-refractivity contribution >= 4 is 0 Å². The van der Waals surface area contributed by atoms with Crippen LogP contribution in [-0.4, -0.2) is 46.3 Å². The van der Waals surface area contributed by atoms with Crippen molar-refractivity contribution in [1.82, 2.24) is 20.0 Å². The molecule has 118 valence electrons. The van der Waals surface area contributed by atoms with E-state index < -0.39 is 0 Å². The van der Waals surface area contributed by atoms with Crippen LogP contribution in [0.3, 0.4) is 0 Å². The van der Waals surface area contributed by atoms with Gasteiger partial charge in [-0.25, -0.2) is 0 Å². The van der Waals surface area contributed by atoms with Gasteiger partial charge in [0.15, 0.2) is 5.82 Å². The molecule has 0 bridgehead atoms. The Hall–Kier alpha value is -1.79. The second-order valence-electron chi connectivity index (χ2n) is 5.88. The molecule has 0 aliphatic carbocycles. The van der Waals surface area contributed by atoms with Crippen LogP contribution in [0.2, 0.25) is 0 Å². The van der Waals surface area contributed by atoms with Gasteiger partial charge in [0, 0.05) is 37.3 Å². The first kappa shape index (κ1) is 15.1. The van der Waals surface area contributed by atoms with Gasteiger partial charge in [0.2, 0.25) is 5.89 Å². The normalized spacial score (nSPS) is 20.0. The zero-order chi connectivity index (χ0) is 15.4. The number of rotatable bonds is 4. The summed E-state index contributed by atoms with van der Waals surface area (Å²) in [6, 6.07) is 6.18. The van der Waals surface area contributed by atoms with Gasteiger partial charge in [-0.2, -0.15) is 4.98 Å². The molecule has 0 N–H and O–H groups in total. The quantitative estimate of drug-likeness (QED) is 0.857. The van der Waals surface area contributed by atoms with Crippen LogP contribution in [0.25, 0.3) is 0 Å². The minimum absolute atomic E-state index is 0.435. The minimum atomic E-state index is 0.435. The number of aromatic nitrogens is 3. The lowest BCUT2D eigenvalue weighted by atomic mass is 10.0. The maximum Gasteiger partial charge on any atom is 0.223 e. The van der Waals surface area contributed by atoms with E-state index in [1.54, 1.807) is 0 Å². The van der Waals surface area contributed by atoms with Gasteiger partial charge in [0.1, 0.15) is 0 Å². The summed E-state index contributed by atoms with van der Waals surface area (Å²) in [5, 5.41) is 3.98. The summed E-state index contributed by atoms with van der Waals surface area (Å²) in [5.74, 6) is 1.79. The van der Waals surface area contributed by atoms with Crippen molar-refractivity contribution in [2.24, 2.45) is 5.92 Å². The molecule has 6 nitrogen and oxygen atoms in total. The molecule has 1 unspecified atom stereocenters. The highest BCUT2D eigenvalue weighted by atomic mass is 16.5. The fourth-order valence-electron chi connectivity index (χ4n) is 2.83. The van der Waals surface area contributed by atoms with Crippen molar-refractivity contribution in [2.45, 2.75) is 26.8 Å². The lowest BCUT2D eigenvalue weighted by Crippen LogP contribution is -2.31. The van der Waals surface area contributed by atoms with Crippen LogP contribution in [0.4, 0.5) is 0 Å². The summed E-state index contributed by atoms with van der Waals surface area (Å²) < 4.78 is 10.8. The fourth-order valence-corrected chi connectivity index (χ4v) is 2.83. The molecule has 0 amide bonds. The number of nitrogens with zero attached hydrogens (tertiary/aromatic N) is 4. The maximum absolute atomic E-state index is 5.75. The molecule has 1 saturated heterocycles. The summed E-state index contributed by atoms with van der Waals surface area (Å²) in [6.07, 6.45) is 0.934. The lowest BCUT2D eigenvalue weighted by Gasteiger charge is -2.21. The summed E-state index contributed by atoms with van der Waals surface area (Å²) in [5.41, 5.74) is 2.19. The van der Waals surface area contributed by atoms with E-state index in [0.29, 0.717) is 18.4 Å². The molecule has 3 rings (SSSR count). The van der Waals surface area contributed by atoms with Crippen molar-refractivity contribution in [3.05, 3.63) is 41.3 Å². The Balaban J connectivity index is 1.62. The van der Waals surface area contributed by atoms with Crippen LogP contribution in [0.5, 0.6) is 0 Å². The number of hydrogen-bond donors (Lipinski definition) is 0. The number of hydrogen-bond acceptors (Lipinski definition) is 6. The molecule has 2 aromatic rings. The third-order valence-electron chi connectivity index (χ3n) is 3.80. The van der Waals surface area contributed by atoms with Crippen LogP contribution in [0.15, 0.2) is 22.7 Å². The van der Waals surface area contributed by atoms with Crippen molar-refractivity contribution in [2.75, 3.05) is 26.3 Å². The van der Waals surface area contributed by atoms with Crippen molar-refractivity contribution < 1.29 is 9.26 Å². The summed E-state index contributed by atoms with van der Waals surface area (Å²) in [4.78, 5) is 11.2. The summed E-state index contributed by atoms with van der Waals surface area (Å²) >= 11 is 0. The van der Waals surface area contributed by atoms with Crippen LogP contribution >= 0.6 is 0 Å². The van der Waals surface area contributed by atoms with Gasteiger partial charge in [-0.15, -0.1) is 0 Å². The van der Waals surface area contributed by atoms with E-state index >= 15 is 0 Å². The fraction of sp³-hybridized carbons (Fsp3) is 0.562. The predicted molar refractivity (Wildman–Crippen MR) is 81.3 cm³/mol. The first-order chi connectivity index (χ1) is 10.7. The number of aryl methyl sites for hydroxylation is 2. The largest absolute Gasteiger partial charge is 0.380 e. The monoisotopic (exact) mass is 302 g/mol. The van der Waals surface area contributed by atoms with E-state index in [0.717, 1.165) is 49.9 Å². The highest BCUT2D eigenvalue weighted by molar-refractivity contribution is 5.10. The van der Waals surface area contributed by atoms with Gasteiger partial charge < -0.3 is 9.26 Å². The smallest absolute Gasteiger partial charge is 0.223 e. The molecule has 1 fully saturated rings. The molecule has 1 aliphatic rings. The van der Waals surface area contributed by atoms with Gasteiger partial charge in [-0.05, 0) is 25.5 Å². The Morgan fingerprint density at radius 3 is 2.95 bits per heavy atom. The second-order valence-corrected chi connectivity index (χ2v) is 5.88. The Bertz CT molecular complexity index is 614. The third-order valence-corrected chi connectivity index (χ3v) is 3.80. The Morgan fingerprint density at radius 1 is 1.27 bits per heavy atom. The Kier molecular flexibility index (Phi) is 4.80. The Morgan fingerprint density at radius 2 is 2.18 bits per heavy atom. The molecule has 0 radical (unpaired) electrons. The minimum Gasteiger partial charge on any atom is -0.380 e. The second kappa shape index (κ2) is 6.98. The predicted octanol–water partition coefficient (Wildman–Crippen LogP) is 1.77. The van der Waals surface area contributed by atoms with Gasteiger partial charge >= 0.3 is 0 Å². The van der Waals surface area contributed by atoms with Crippen molar-refractivity contribution in [1.29, 1.82) is 0 Å². The highest BCUT2D eigenvalue weighted by Gasteiger charge is 2.21. The van der Waals surface area contributed by atoms with Gasteiger partial charge in [-0.3, -0.25) is 9.88 Å². The lowest BCUT2D eigenvalue weighted by molar-refractivity contribution is 0.121. The van der Waals surface area contributed by atoms with Crippen molar-refractivity contribution in [3.63, 3.8) is 0 Å². The van der Waals surface area contributed by atoms with E-state index in [1.165, 1.54) is 0 Å². The van der Waals surface area contributed by atoms with E-state index in [2.05, 4.69) is 32.2 Å². The molecule has 0 saturated carbocycles. The first-order valence-corrected chi connectivity index (χ1v) is 7.71. The van der Waals surface area contributed by atoms with Crippen LogP contribution in [-0.2, 0) is 17.7 Å². The molecule has 1 aliphatic heterocycles. The molecular weight excluding hydrogens is 280 g/mol. The zero-order valence-electron chi connectivity index (χ0n) is 13.2. The molecule has 3 heterocycles. The molecule has 0 spiro atoms. The summed E-state index contributed by atoms with van der Waals surface area (Å²) in [7, 11) is 0.